The summed E-state index contributed by atoms with van der Waals surface area (Å²) in [6, 6.07) is 7.28. The average molecular weight is 374 g/mol. The number of hydrogen-bond donors (Lipinski definition) is 1. The number of non-ortho nitro benzene ring substituents is 1. The van der Waals surface area contributed by atoms with Crippen LogP contribution in [0.15, 0.2) is 40.9 Å². The Balaban J connectivity index is 2.33. The van der Waals surface area contributed by atoms with Crippen LogP contribution in [0.1, 0.15) is 10.4 Å². The van der Waals surface area contributed by atoms with E-state index in [1.807, 2.05) is 0 Å². The number of carbonyl (C=O) groups excluding carboxylic acids is 1. The van der Waals surface area contributed by atoms with Crippen molar-refractivity contribution in [2.24, 2.45) is 0 Å². The predicted molar refractivity (Wildman–Crippen MR) is 80.2 cm³/mol. The van der Waals surface area contributed by atoms with Crippen molar-refractivity contribution in [3.05, 3.63) is 67.4 Å². The SMILES string of the molecule is O=C(Nc1cc([N+](=O)[O-])ccc1Cl)c1cc(F)ccc1Br. The number of nitrogens with zero attached hydrogens (tertiary/aromatic N) is 1. The van der Waals surface area contributed by atoms with Gasteiger partial charge < -0.3 is 5.32 Å². The van der Waals surface area contributed by atoms with Gasteiger partial charge in [-0.25, -0.2) is 4.39 Å². The molecule has 0 fully saturated rings. The maximum absolute atomic E-state index is 13.2. The Morgan fingerprint density at radius 2 is 2.00 bits per heavy atom. The van der Waals surface area contributed by atoms with E-state index < -0.39 is 16.6 Å². The third-order valence-electron chi connectivity index (χ3n) is 2.58. The van der Waals surface area contributed by atoms with Crippen molar-refractivity contribution in [2.45, 2.75) is 0 Å². The molecular formula is C13H7BrClFN2O3. The molecule has 0 bridgehead atoms. The number of anilines is 1. The summed E-state index contributed by atoms with van der Waals surface area (Å²) in [6.45, 7) is 0. The second-order valence-corrected chi connectivity index (χ2v) is 5.26. The van der Waals surface area contributed by atoms with Gasteiger partial charge in [0.2, 0.25) is 0 Å². The fourth-order valence-electron chi connectivity index (χ4n) is 1.58. The minimum Gasteiger partial charge on any atom is -0.320 e. The number of halogens is 3. The Morgan fingerprint density at radius 1 is 1.29 bits per heavy atom. The summed E-state index contributed by atoms with van der Waals surface area (Å²) in [5.74, 6) is -1.21. The summed E-state index contributed by atoms with van der Waals surface area (Å²) in [5, 5.41) is 13.3. The Hall–Kier alpha value is -1.99. The molecule has 2 aromatic carbocycles. The van der Waals surface area contributed by atoms with Gasteiger partial charge in [0.25, 0.3) is 11.6 Å². The van der Waals surface area contributed by atoms with Crippen molar-refractivity contribution in [3.63, 3.8) is 0 Å². The molecule has 0 radical (unpaired) electrons. The highest BCUT2D eigenvalue weighted by molar-refractivity contribution is 9.10. The molecule has 2 rings (SSSR count). The number of amides is 1. The number of rotatable bonds is 3. The first-order valence-corrected chi connectivity index (χ1v) is 6.76. The van der Waals surface area contributed by atoms with Crippen molar-refractivity contribution in [3.8, 4) is 0 Å². The maximum Gasteiger partial charge on any atom is 0.271 e. The minimum absolute atomic E-state index is 0.0533. The highest BCUT2D eigenvalue weighted by Crippen LogP contribution is 2.28. The van der Waals surface area contributed by atoms with Gasteiger partial charge in [0.15, 0.2) is 0 Å². The number of nitro benzene ring substituents is 1. The fourth-order valence-corrected chi connectivity index (χ4v) is 2.18. The van der Waals surface area contributed by atoms with Crippen LogP contribution in [0.25, 0.3) is 0 Å². The van der Waals surface area contributed by atoms with Crippen molar-refractivity contribution < 1.29 is 14.1 Å². The van der Waals surface area contributed by atoms with Gasteiger partial charge >= 0.3 is 0 Å². The smallest absolute Gasteiger partial charge is 0.271 e. The molecule has 0 saturated heterocycles. The molecule has 0 aromatic heterocycles. The van der Waals surface area contributed by atoms with Gasteiger partial charge in [0.05, 0.1) is 21.2 Å². The zero-order valence-electron chi connectivity index (χ0n) is 10.3. The first kappa shape index (κ1) is 15.4. The highest BCUT2D eigenvalue weighted by atomic mass is 79.9. The third kappa shape index (κ3) is 3.56. The average Bonchev–Trinajstić information content (AvgIpc) is 2.43. The Morgan fingerprint density at radius 3 is 2.67 bits per heavy atom. The Bertz CT molecular complexity index is 739. The quantitative estimate of drug-likeness (QED) is 0.640. The number of nitrogens with one attached hydrogen (secondary N) is 1. The third-order valence-corrected chi connectivity index (χ3v) is 3.60. The molecule has 0 aliphatic heterocycles. The number of nitro groups is 1. The molecule has 2 aromatic rings. The van der Waals surface area contributed by atoms with E-state index in [0.717, 1.165) is 12.1 Å². The van der Waals surface area contributed by atoms with Gasteiger partial charge in [-0.15, -0.1) is 0 Å². The van der Waals surface area contributed by atoms with Crippen LogP contribution in [-0.4, -0.2) is 10.8 Å². The van der Waals surface area contributed by atoms with E-state index in [9.17, 15) is 19.3 Å². The van der Waals surface area contributed by atoms with Crippen LogP contribution in [0.4, 0.5) is 15.8 Å². The van der Waals surface area contributed by atoms with Crippen molar-refractivity contribution in [1.82, 2.24) is 0 Å². The zero-order valence-corrected chi connectivity index (χ0v) is 12.6. The minimum atomic E-state index is -0.635. The van der Waals surface area contributed by atoms with E-state index in [0.29, 0.717) is 4.47 Å². The Kier molecular flexibility index (Phi) is 4.54. The lowest BCUT2D eigenvalue weighted by molar-refractivity contribution is -0.384. The molecule has 0 spiro atoms. The Labute approximate surface area is 132 Å². The van der Waals surface area contributed by atoms with E-state index in [-0.39, 0.29) is 22.0 Å². The molecule has 1 amide bonds. The summed E-state index contributed by atoms with van der Waals surface area (Å²) in [7, 11) is 0. The van der Waals surface area contributed by atoms with E-state index in [2.05, 4.69) is 21.2 Å². The molecule has 8 heteroatoms. The predicted octanol–water partition coefficient (Wildman–Crippen LogP) is 4.40. The van der Waals surface area contributed by atoms with Gasteiger partial charge in [0.1, 0.15) is 5.82 Å². The van der Waals surface area contributed by atoms with Gasteiger partial charge in [-0.2, -0.15) is 0 Å². The van der Waals surface area contributed by atoms with Crippen molar-refractivity contribution >= 4 is 44.8 Å². The van der Waals surface area contributed by atoms with Crippen LogP contribution in [-0.2, 0) is 0 Å². The lowest BCUT2D eigenvalue weighted by Crippen LogP contribution is -2.13. The number of benzene rings is 2. The molecule has 0 heterocycles. The zero-order chi connectivity index (χ0) is 15.6. The van der Waals surface area contributed by atoms with Crippen LogP contribution in [0.2, 0.25) is 5.02 Å². The van der Waals surface area contributed by atoms with Crippen molar-refractivity contribution in [1.29, 1.82) is 0 Å². The number of carbonyl (C=O) groups is 1. The van der Waals surface area contributed by atoms with E-state index in [1.165, 1.54) is 24.3 Å². The van der Waals surface area contributed by atoms with Crippen LogP contribution in [0.3, 0.4) is 0 Å². The number of hydrogen-bond acceptors (Lipinski definition) is 3. The molecular weight excluding hydrogens is 367 g/mol. The summed E-state index contributed by atoms with van der Waals surface area (Å²) in [4.78, 5) is 22.2. The van der Waals surface area contributed by atoms with E-state index in [1.54, 1.807) is 0 Å². The molecule has 108 valence electrons. The van der Waals surface area contributed by atoms with Gasteiger partial charge in [-0.1, -0.05) is 11.6 Å². The van der Waals surface area contributed by atoms with Gasteiger partial charge in [-0.3, -0.25) is 14.9 Å². The van der Waals surface area contributed by atoms with Gasteiger partial charge in [0, 0.05) is 16.6 Å². The van der Waals surface area contributed by atoms with E-state index >= 15 is 0 Å². The maximum atomic E-state index is 13.2. The standard InChI is InChI=1S/C13H7BrClFN2O3/c14-10-3-1-7(16)5-9(10)13(19)17-12-6-8(18(20)21)2-4-11(12)15/h1-6H,(H,17,19). The van der Waals surface area contributed by atoms with Crippen LogP contribution < -0.4 is 5.32 Å². The second-order valence-electron chi connectivity index (χ2n) is 4.00. The highest BCUT2D eigenvalue weighted by Gasteiger charge is 2.15. The lowest BCUT2D eigenvalue weighted by Gasteiger charge is -2.08. The van der Waals surface area contributed by atoms with Crippen LogP contribution in [0, 0.1) is 15.9 Å². The molecule has 21 heavy (non-hydrogen) atoms. The first-order valence-electron chi connectivity index (χ1n) is 5.59. The van der Waals surface area contributed by atoms with Crippen LogP contribution >= 0.6 is 27.5 Å². The first-order chi connectivity index (χ1) is 9.88. The summed E-state index contributed by atoms with van der Waals surface area (Å²) >= 11 is 9.01. The molecule has 0 aliphatic carbocycles. The summed E-state index contributed by atoms with van der Waals surface area (Å²) < 4.78 is 13.6. The fraction of sp³-hybridized carbons (Fsp3) is 0. The molecule has 0 atom stereocenters. The molecule has 0 unspecified atom stereocenters. The van der Waals surface area contributed by atoms with Gasteiger partial charge in [-0.05, 0) is 40.2 Å². The molecule has 1 N–H and O–H groups in total. The molecule has 0 saturated carbocycles. The summed E-state index contributed by atoms with van der Waals surface area (Å²) in [5.41, 5.74) is -0.0855. The molecule has 5 nitrogen and oxygen atoms in total. The summed E-state index contributed by atoms with van der Waals surface area (Å²) in [6.07, 6.45) is 0. The largest absolute Gasteiger partial charge is 0.320 e. The lowest BCUT2D eigenvalue weighted by atomic mass is 10.2. The molecule has 0 aliphatic rings. The topological polar surface area (TPSA) is 72.2 Å². The normalized spacial score (nSPS) is 10.2. The monoisotopic (exact) mass is 372 g/mol. The van der Waals surface area contributed by atoms with E-state index in [4.69, 9.17) is 11.6 Å². The second kappa shape index (κ2) is 6.19. The van der Waals surface area contributed by atoms with Crippen molar-refractivity contribution in [2.75, 3.05) is 5.32 Å². The van der Waals surface area contributed by atoms with Crippen LogP contribution in [0.5, 0.6) is 0 Å².